The predicted octanol–water partition coefficient (Wildman–Crippen LogP) is 1.26. The molecule has 0 saturated carbocycles. The Morgan fingerprint density at radius 1 is 1.36 bits per heavy atom. The Kier molecular flexibility index (Phi) is 3.23. The van der Waals surface area contributed by atoms with Crippen molar-refractivity contribution in [3.8, 4) is 11.1 Å². The van der Waals surface area contributed by atoms with E-state index in [2.05, 4.69) is 15.4 Å². The third kappa shape index (κ3) is 2.21. The van der Waals surface area contributed by atoms with Crippen LogP contribution in [0.15, 0.2) is 36.8 Å². The van der Waals surface area contributed by atoms with Crippen LogP contribution in [0.25, 0.3) is 16.8 Å². The van der Waals surface area contributed by atoms with Crippen LogP contribution in [0.1, 0.15) is 24.5 Å². The van der Waals surface area contributed by atoms with Crippen LogP contribution in [-0.4, -0.2) is 28.2 Å². The minimum atomic E-state index is 0.428. The van der Waals surface area contributed by atoms with E-state index < -0.39 is 0 Å². The number of nitrogens with two attached hydrogens (primary N) is 1. The van der Waals surface area contributed by atoms with Crippen molar-refractivity contribution in [3.05, 3.63) is 42.5 Å². The molecule has 4 heterocycles. The molecular formula is C16H19N6+. The number of hydrogen-bond acceptors (Lipinski definition) is 4. The summed E-state index contributed by atoms with van der Waals surface area (Å²) in [6.45, 7) is 2.06. The van der Waals surface area contributed by atoms with E-state index in [-0.39, 0.29) is 0 Å². The van der Waals surface area contributed by atoms with Crippen molar-refractivity contribution in [3.63, 3.8) is 0 Å². The van der Waals surface area contributed by atoms with Gasteiger partial charge >= 0.3 is 0 Å². The first-order chi connectivity index (χ1) is 10.8. The number of rotatable bonds is 2. The summed E-state index contributed by atoms with van der Waals surface area (Å²) in [4.78, 5) is 9.07. The van der Waals surface area contributed by atoms with Crippen LogP contribution < -0.4 is 15.6 Å². The summed E-state index contributed by atoms with van der Waals surface area (Å²) in [6.07, 6.45) is 7.88. The minimum Gasteiger partial charge on any atom is -0.317 e. The molecule has 1 aliphatic rings. The second-order valence-electron chi connectivity index (χ2n) is 5.74. The fourth-order valence-corrected chi connectivity index (χ4v) is 3.10. The van der Waals surface area contributed by atoms with Gasteiger partial charge in [0.15, 0.2) is 0 Å². The highest BCUT2D eigenvalue weighted by Crippen LogP contribution is 2.25. The lowest BCUT2D eigenvalue weighted by Crippen LogP contribution is -2.32. The summed E-state index contributed by atoms with van der Waals surface area (Å²) in [5.41, 5.74) is 10.2. The second-order valence-corrected chi connectivity index (χ2v) is 5.74. The maximum Gasteiger partial charge on any atom is 0.294 e. The van der Waals surface area contributed by atoms with Gasteiger partial charge in [0.05, 0.1) is 11.6 Å². The average Bonchev–Trinajstić information content (AvgIpc) is 3.01. The van der Waals surface area contributed by atoms with Crippen molar-refractivity contribution < 1.29 is 4.52 Å². The number of H-pyrrole nitrogens is 1. The Bertz CT molecular complexity index is 789. The van der Waals surface area contributed by atoms with E-state index in [1.807, 2.05) is 35.1 Å². The zero-order chi connectivity index (χ0) is 14.9. The molecule has 3 aromatic heterocycles. The SMILES string of the molecule is Nc1cc(C2CCCNC2)nc2c(-c3cccnc3)c[nH][n+]12. The molecule has 0 aromatic carbocycles. The van der Waals surface area contributed by atoms with Crippen LogP contribution in [0.2, 0.25) is 0 Å². The lowest BCUT2D eigenvalue weighted by Gasteiger charge is -2.20. The van der Waals surface area contributed by atoms with Crippen molar-refractivity contribution in [2.75, 3.05) is 18.8 Å². The number of nitrogen functional groups attached to an aromatic ring is 1. The second kappa shape index (κ2) is 5.38. The number of piperidine rings is 1. The predicted molar refractivity (Wildman–Crippen MR) is 84.2 cm³/mol. The van der Waals surface area contributed by atoms with Gasteiger partial charge in [-0.1, -0.05) is 6.07 Å². The highest BCUT2D eigenvalue weighted by atomic mass is 15.3. The maximum atomic E-state index is 6.21. The van der Waals surface area contributed by atoms with Gasteiger partial charge in [0.1, 0.15) is 5.69 Å². The summed E-state index contributed by atoms with van der Waals surface area (Å²) < 4.78 is 1.82. The Hall–Kier alpha value is -2.47. The van der Waals surface area contributed by atoms with Crippen LogP contribution in [0.4, 0.5) is 5.82 Å². The third-order valence-corrected chi connectivity index (χ3v) is 4.27. The third-order valence-electron chi connectivity index (χ3n) is 4.27. The van der Waals surface area contributed by atoms with Gasteiger partial charge in [-0.2, -0.15) is 0 Å². The Morgan fingerprint density at radius 3 is 3.09 bits per heavy atom. The number of aromatic nitrogens is 4. The fourth-order valence-electron chi connectivity index (χ4n) is 3.10. The van der Waals surface area contributed by atoms with E-state index in [9.17, 15) is 0 Å². The number of anilines is 1. The number of aromatic amines is 1. The molecule has 4 N–H and O–H groups in total. The lowest BCUT2D eigenvalue weighted by molar-refractivity contribution is -0.563. The zero-order valence-electron chi connectivity index (χ0n) is 12.3. The number of pyridine rings is 1. The number of nitrogens with one attached hydrogen (secondary N) is 2. The van der Waals surface area contributed by atoms with Crippen LogP contribution in [0.5, 0.6) is 0 Å². The molecule has 6 heteroatoms. The summed E-state index contributed by atoms with van der Waals surface area (Å²) in [5, 5.41) is 6.61. The number of nitrogens with zero attached hydrogens (tertiary/aromatic N) is 3. The quantitative estimate of drug-likeness (QED) is 0.622. The molecule has 0 amide bonds. The summed E-state index contributed by atoms with van der Waals surface area (Å²) in [6, 6.07) is 5.94. The van der Waals surface area contributed by atoms with Gasteiger partial charge in [-0.15, -0.1) is 9.50 Å². The van der Waals surface area contributed by atoms with E-state index in [1.165, 1.54) is 6.42 Å². The Labute approximate surface area is 128 Å². The van der Waals surface area contributed by atoms with Crippen LogP contribution in [-0.2, 0) is 0 Å². The smallest absolute Gasteiger partial charge is 0.294 e. The first-order valence-electron chi connectivity index (χ1n) is 7.63. The number of fused-ring (bicyclic) bond motifs is 1. The van der Waals surface area contributed by atoms with E-state index >= 15 is 0 Å². The molecule has 3 aromatic rings. The van der Waals surface area contributed by atoms with Crippen LogP contribution in [0.3, 0.4) is 0 Å². The Morgan fingerprint density at radius 2 is 2.32 bits per heavy atom. The molecule has 1 aliphatic heterocycles. The van der Waals surface area contributed by atoms with Crippen molar-refractivity contribution in [2.45, 2.75) is 18.8 Å². The highest BCUT2D eigenvalue weighted by Gasteiger charge is 2.24. The normalized spacial score (nSPS) is 18.6. The Balaban J connectivity index is 1.84. The molecule has 0 aliphatic carbocycles. The maximum absolute atomic E-state index is 6.21. The van der Waals surface area contributed by atoms with Gasteiger partial charge in [-0.25, -0.2) is 0 Å². The molecule has 0 spiro atoms. The highest BCUT2D eigenvalue weighted by molar-refractivity contribution is 5.73. The van der Waals surface area contributed by atoms with Gasteiger partial charge in [0.2, 0.25) is 5.82 Å². The number of hydrogen-bond donors (Lipinski definition) is 3. The summed E-state index contributed by atoms with van der Waals surface area (Å²) in [7, 11) is 0. The first-order valence-corrected chi connectivity index (χ1v) is 7.63. The molecule has 1 saturated heterocycles. The molecule has 1 atom stereocenters. The fraction of sp³-hybridized carbons (Fsp3) is 0.312. The first kappa shape index (κ1) is 13.2. The van der Waals surface area contributed by atoms with E-state index in [0.717, 1.165) is 42.0 Å². The van der Waals surface area contributed by atoms with Crippen LogP contribution >= 0.6 is 0 Å². The monoisotopic (exact) mass is 295 g/mol. The van der Waals surface area contributed by atoms with Crippen molar-refractivity contribution >= 4 is 11.5 Å². The van der Waals surface area contributed by atoms with Gasteiger partial charge in [0.25, 0.3) is 5.65 Å². The van der Waals surface area contributed by atoms with E-state index in [4.69, 9.17) is 10.7 Å². The molecule has 22 heavy (non-hydrogen) atoms. The molecule has 4 rings (SSSR count). The average molecular weight is 295 g/mol. The molecule has 112 valence electrons. The van der Waals surface area contributed by atoms with E-state index in [0.29, 0.717) is 11.7 Å². The van der Waals surface area contributed by atoms with Gasteiger partial charge in [0, 0.05) is 36.6 Å². The molecular weight excluding hydrogens is 276 g/mol. The molecule has 0 bridgehead atoms. The van der Waals surface area contributed by atoms with Crippen molar-refractivity contribution in [1.82, 2.24) is 20.4 Å². The lowest BCUT2D eigenvalue weighted by atomic mass is 9.96. The molecule has 1 unspecified atom stereocenters. The molecule has 1 fully saturated rings. The zero-order valence-corrected chi connectivity index (χ0v) is 12.3. The minimum absolute atomic E-state index is 0.428. The summed E-state index contributed by atoms with van der Waals surface area (Å²) >= 11 is 0. The van der Waals surface area contributed by atoms with E-state index in [1.54, 1.807) is 6.20 Å². The largest absolute Gasteiger partial charge is 0.317 e. The van der Waals surface area contributed by atoms with Gasteiger partial charge in [-0.3, -0.25) is 10.1 Å². The van der Waals surface area contributed by atoms with Gasteiger partial charge in [-0.05, 0) is 25.5 Å². The van der Waals surface area contributed by atoms with Crippen LogP contribution in [0, 0.1) is 0 Å². The molecule has 0 radical (unpaired) electrons. The van der Waals surface area contributed by atoms with Crippen molar-refractivity contribution in [2.24, 2.45) is 0 Å². The summed E-state index contributed by atoms with van der Waals surface area (Å²) in [5.74, 6) is 1.11. The van der Waals surface area contributed by atoms with Crippen molar-refractivity contribution in [1.29, 1.82) is 0 Å². The topological polar surface area (TPSA) is 83.7 Å². The van der Waals surface area contributed by atoms with Gasteiger partial charge < -0.3 is 11.1 Å². The standard InChI is InChI=1S/C16H18N6/c17-15-7-14(12-4-2-6-19-9-12)21-16-13(10-20-22(15)16)11-3-1-5-18-8-11/h1,3,5,7-8,10,12,19H,2,4,6,9H2,(H2,17,20,21)/p+1. The molecule has 6 nitrogen and oxygen atoms in total.